The number of benzene rings is 4. The van der Waals surface area contributed by atoms with Crippen molar-refractivity contribution in [3.63, 3.8) is 0 Å². The van der Waals surface area contributed by atoms with Gasteiger partial charge in [-0.2, -0.15) is 5.26 Å². The molecule has 0 aliphatic carbocycles. The zero-order valence-corrected chi connectivity index (χ0v) is 20.8. The molecule has 4 aromatic rings. The maximum absolute atomic E-state index is 12.7. The molecule has 1 N–H and O–H groups in total. The van der Waals surface area contributed by atoms with Crippen LogP contribution in [-0.4, -0.2) is 12.5 Å². The standard InChI is InChI=1S/C30H25ClN2O3/c1-3-35-28-17-22(15-25(18-32)30(34)33-26-12-8-20(2)9-13-26)16-27(31)29(28)36-19-21-10-11-23-6-4-5-7-24(23)14-21/h4-17H,3,19H2,1-2H3,(H,33,34)/b25-15+. The Morgan fingerprint density at radius 3 is 2.47 bits per heavy atom. The van der Waals surface area contributed by atoms with Crippen molar-refractivity contribution in [1.29, 1.82) is 5.26 Å². The Bertz CT molecular complexity index is 1470. The van der Waals surface area contributed by atoms with Crippen LogP contribution in [0.4, 0.5) is 5.69 Å². The molecule has 0 atom stereocenters. The van der Waals surface area contributed by atoms with Crippen molar-refractivity contribution in [3.8, 4) is 17.6 Å². The van der Waals surface area contributed by atoms with Crippen molar-refractivity contribution >= 4 is 40.0 Å². The largest absolute Gasteiger partial charge is 0.490 e. The van der Waals surface area contributed by atoms with E-state index in [1.165, 1.54) is 6.08 Å². The summed E-state index contributed by atoms with van der Waals surface area (Å²) in [6, 6.07) is 26.9. The minimum Gasteiger partial charge on any atom is -0.490 e. The second-order valence-corrected chi connectivity index (χ2v) is 8.63. The highest BCUT2D eigenvalue weighted by Crippen LogP contribution is 2.38. The van der Waals surface area contributed by atoms with Gasteiger partial charge in [0.15, 0.2) is 11.5 Å². The molecular formula is C30H25ClN2O3. The Hall–Kier alpha value is -4.27. The van der Waals surface area contributed by atoms with Gasteiger partial charge in [0.1, 0.15) is 18.2 Å². The van der Waals surface area contributed by atoms with Crippen molar-refractivity contribution in [2.24, 2.45) is 0 Å². The number of hydrogen-bond acceptors (Lipinski definition) is 4. The normalized spacial score (nSPS) is 11.1. The Kier molecular flexibility index (Phi) is 7.89. The summed E-state index contributed by atoms with van der Waals surface area (Å²) in [6.07, 6.45) is 1.48. The Balaban J connectivity index is 1.56. The third-order valence-corrected chi connectivity index (χ3v) is 5.80. The van der Waals surface area contributed by atoms with E-state index >= 15 is 0 Å². The molecule has 5 nitrogen and oxygen atoms in total. The summed E-state index contributed by atoms with van der Waals surface area (Å²) in [4.78, 5) is 12.7. The monoisotopic (exact) mass is 496 g/mol. The zero-order chi connectivity index (χ0) is 25.5. The predicted octanol–water partition coefficient (Wildman–Crippen LogP) is 7.33. The van der Waals surface area contributed by atoms with E-state index in [0.29, 0.717) is 41.0 Å². The lowest BCUT2D eigenvalue weighted by Crippen LogP contribution is -2.13. The van der Waals surface area contributed by atoms with Gasteiger partial charge in [-0.3, -0.25) is 4.79 Å². The molecule has 4 aromatic carbocycles. The summed E-state index contributed by atoms with van der Waals surface area (Å²) in [5, 5.41) is 14.9. The molecule has 0 fully saturated rings. The number of nitrogens with one attached hydrogen (secondary N) is 1. The third-order valence-electron chi connectivity index (χ3n) is 5.51. The summed E-state index contributed by atoms with van der Waals surface area (Å²) in [7, 11) is 0. The smallest absolute Gasteiger partial charge is 0.266 e. The van der Waals surface area contributed by atoms with E-state index in [0.717, 1.165) is 21.9 Å². The van der Waals surface area contributed by atoms with Crippen LogP contribution in [0.5, 0.6) is 11.5 Å². The lowest BCUT2D eigenvalue weighted by molar-refractivity contribution is -0.112. The molecule has 0 saturated heterocycles. The van der Waals surface area contributed by atoms with Crippen molar-refractivity contribution in [2.45, 2.75) is 20.5 Å². The van der Waals surface area contributed by atoms with Crippen LogP contribution >= 0.6 is 11.6 Å². The van der Waals surface area contributed by atoms with Crippen LogP contribution in [0.3, 0.4) is 0 Å². The second-order valence-electron chi connectivity index (χ2n) is 8.22. The number of rotatable bonds is 8. The highest BCUT2D eigenvalue weighted by Gasteiger charge is 2.15. The Morgan fingerprint density at radius 1 is 1.00 bits per heavy atom. The first-order valence-corrected chi connectivity index (χ1v) is 11.9. The molecule has 0 saturated carbocycles. The first kappa shape index (κ1) is 24.8. The van der Waals surface area contributed by atoms with Crippen molar-refractivity contribution in [3.05, 3.63) is 106 Å². The minimum absolute atomic E-state index is 0.0566. The van der Waals surface area contributed by atoms with E-state index in [1.807, 2.05) is 50.2 Å². The lowest BCUT2D eigenvalue weighted by Gasteiger charge is -2.15. The fraction of sp³-hybridized carbons (Fsp3) is 0.133. The van der Waals surface area contributed by atoms with Crippen LogP contribution in [0.15, 0.2) is 84.4 Å². The number of carbonyl (C=O) groups excluding carboxylic acids is 1. The number of amides is 1. The number of nitriles is 1. The number of carbonyl (C=O) groups is 1. The molecule has 0 bridgehead atoms. The molecule has 1 amide bonds. The average Bonchev–Trinajstić information content (AvgIpc) is 2.88. The fourth-order valence-corrected chi connectivity index (χ4v) is 3.98. The summed E-state index contributed by atoms with van der Waals surface area (Å²) >= 11 is 6.56. The number of halogens is 1. The molecule has 36 heavy (non-hydrogen) atoms. The van der Waals surface area contributed by atoms with E-state index in [2.05, 4.69) is 29.6 Å². The van der Waals surface area contributed by atoms with E-state index in [9.17, 15) is 10.1 Å². The maximum Gasteiger partial charge on any atom is 0.266 e. The van der Waals surface area contributed by atoms with Gasteiger partial charge in [0.2, 0.25) is 0 Å². The molecule has 0 aliphatic heterocycles. The van der Waals surface area contributed by atoms with Crippen LogP contribution in [0.1, 0.15) is 23.6 Å². The number of ether oxygens (including phenoxy) is 2. The third kappa shape index (κ3) is 6.04. The molecule has 180 valence electrons. The average molecular weight is 497 g/mol. The van der Waals surface area contributed by atoms with Crippen molar-refractivity contribution in [2.75, 3.05) is 11.9 Å². The summed E-state index contributed by atoms with van der Waals surface area (Å²) in [6.45, 7) is 4.53. The number of nitrogens with zero attached hydrogens (tertiary/aromatic N) is 1. The Morgan fingerprint density at radius 2 is 1.75 bits per heavy atom. The van der Waals surface area contributed by atoms with Gasteiger partial charge in [0.05, 0.1) is 11.6 Å². The first-order chi connectivity index (χ1) is 17.5. The molecule has 6 heteroatoms. The van der Waals surface area contributed by atoms with E-state index in [-0.39, 0.29) is 5.57 Å². The topological polar surface area (TPSA) is 71.3 Å². The SMILES string of the molecule is CCOc1cc(/C=C(\C#N)C(=O)Nc2ccc(C)cc2)cc(Cl)c1OCc1ccc2ccccc2c1. The van der Waals surface area contributed by atoms with Crippen LogP contribution in [0.25, 0.3) is 16.8 Å². The van der Waals surface area contributed by atoms with E-state index in [1.54, 1.807) is 24.3 Å². The fourth-order valence-electron chi connectivity index (χ4n) is 3.71. The molecule has 4 rings (SSSR count). The molecule has 0 aliphatic rings. The molecular weight excluding hydrogens is 472 g/mol. The van der Waals surface area contributed by atoms with Gasteiger partial charge < -0.3 is 14.8 Å². The molecule has 0 unspecified atom stereocenters. The summed E-state index contributed by atoms with van der Waals surface area (Å²) in [5.74, 6) is 0.340. The Labute approximate surface area is 215 Å². The zero-order valence-electron chi connectivity index (χ0n) is 20.0. The van der Waals surface area contributed by atoms with Gasteiger partial charge in [-0.25, -0.2) is 0 Å². The van der Waals surface area contributed by atoms with Gasteiger partial charge in [-0.1, -0.05) is 65.7 Å². The molecule has 0 radical (unpaired) electrons. The van der Waals surface area contributed by atoms with E-state index in [4.69, 9.17) is 21.1 Å². The lowest BCUT2D eigenvalue weighted by atomic mass is 10.1. The predicted molar refractivity (Wildman–Crippen MR) is 144 cm³/mol. The van der Waals surface area contributed by atoms with Crippen LogP contribution in [0.2, 0.25) is 5.02 Å². The number of anilines is 1. The van der Waals surface area contributed by atoms with Crippen molar-refractivity contribution in [1.82, 2.24) is 0 Å². The summed E-state index contributed by atoms with van der Waals surface area (Å²) in [5.41, 5.74) is 3.18. The number of hydrogen-bond donors (Lipinski definition) is 1. The quantitative estimate of drug-likeness (QED) is 0.205. The van der Waals surface area contributed by atoms with Gasteiger partial charge in [-0.05, 0) is 72.2 Å². The van der Waals surface area contributed by atoms with Crippen LogP contribution < -0.4 is 14.8 Å². The first-order valence-electron chi connectivity index (χ1n) is 11.5. The van der Waals surface area contributed by atoms with Crippen LogP contribution in [0, 0.1) is 18.3 Å². The summed E-state index contributed by atoms with van der Waals surface area (Å²) < 4.78 is 11.8. The van der Waals surface area contributed by atoms with Crippen molar-refractivity contribution < 1.29 is 14.3 Å². The minimum atomic E-state index is -0.507. The maximum atomic E-state index is 12.7. The second kappa shape index (κ2) is 11.4. The molecule has 0 aromatic heterocycles. The highest BCUT2D eigenvalue weighted by atomic mass is 35.5. The van der Waals surface area contributed by atoms with Gasteiger partial charge in [0.25, 0.3) is 5.91 Å². The number of aryl methyl sites for hydroxylation is 1. The van der Waals surface area contributed by atoms with Gasteiger partial charge >= 0.3 is 0 Å². The molecule has 0 heterocycles. The van der Waals surface area contributed by atoms with Gasteiger partial charge in [-0.15, -0.1) is 0 Å². The van der Waals surface area contributed by atoms with E-state index < -0.39 is 5.91 Å². The number of fused-ring (bicyclic) bond motifs is 1. The van der Waals surface area contributed by atoms with Gasteiger partial charge in [0, 0.05) is 5.69 Å². The van der Waals surface area contributed by atoms with Crippen LogP contribution in [-0.2, 0) is 11.4 Å². The molecule has 0 spiro atoms. The highest BCUT2D eigenvalue weighted by molar-refractivity contribution is 6.32.